The lowest BCUT2D eigenvalue weighted by molar-refractivity contribution is 0.296. The standard InChI is InChI=1S/C12H18N2S/c1-8-5-12(15-13-8)14-6-10-3-4-11(7-14)9(10)2/h5,9-11H,3-4,6-7H2,1-2H3/t9-,10-,11?/m0/s1. The maximum atomic E-state index is 4.38. The van der Waals surface area contributed by atoms with E-state index in [4.69, 9.17) is 0 Å². The van der Waals surface area contributed by atoms with Gasteiger partial charge in [0.2, 0.25) is 0 Å². The van der Waals surface area contributed by atoms with Crippen molar-refractivity contribution in [3.8, 4) is 0 Å². The molecule has 3 heteroatoms. The molecule has 0 aromatic carbocycles. The van der Waals surface area contributed by atoms with E-state index in [0.717, 1.165) is 17.8 Å². The van der Waals surface area contributed by atoms with E-state index in [1.54, 1.807) is 11.5 Å². The Kier molecular flexibility index (Phi) is 2.23. The summed E-state index contributed by atoms with van der Waals surface area (Å²) in [5.41, 5.74) is 1.17. The van der Waals surface area contributed by atoms with Crippen LogP contribution in [0.25, 0.3) is 0 Å². The number of aromatic nitrogens is 1. The van der Waals surface area contributed by atoms with Crippen molar-refractivity contribution in [3.63, 3.8) is 0 Å². The first kappa shape index (κ1) is 9.64. The summed E-state index contributed by atoms with van der Waals surface area (Å²) in [4.78, 5) is 2.56. The van der Waals surface area contributed by atoms with Crippen LogP contribution in [-0.4, -0.2) is 17.5 Å². The molecule has 3 atom stereocenters. The Morgan fingerprint density at radius 2 is 2.00 bits per heavy atom. The summed E-state index contributed by atoms with van der Waals surface area (Å²) in [6, 6.07) is 2.24. The van der Waals surface area contributed by atoms with Gasteiger partial charge in [0.25, 0.3) is 0 Å². The van der Waals surface area contributed by atoms with E-state index in [9.17, 15) is 0 Å². The van der Waals surface area contributed by atoms with Crippen molar-refractivity contribution in [2.45, 2.75) is 26.7 Å². The molecule has 0 amide bonds. The van der Waals surface area contributed by atoms with Crippen LogP contribution in [0.2, 0.25) is 0 Å². The van der Waals surface area contributed by atoms with E-state index in [1.807, 2.05) is 0 Å². The minimum absolute atomic E-state index is 0.936. The lowest BCUT2D eigenvalue weighted by atomic mass is 9.87. The summed E-state index contributed by atoms with van der Waals surface area (Å²) in [5.74, 6) is 2.83. The molecule has 1 aliphatic carbocycles. The molecular weight excluding hydrogens is 204 g/mol. The topological polar surface area (TPSA) is 16.1 Å². The van der Waals surface area contributed by atoms with Gasteiger partial charge >= 0.3 is 0 Å². The molecular formula is C12H18N2S. The Bertz CT molecular complexity index is 346. The maximum absolute atomic E-state index is 4.38. The molecule has 3 rings (SSSR count). The van der Waals surface area contributed by atoms with Gasteiger partial charge in [-0.25, -0.2) is 0 Å². The number of aryl methyl sites for hydroxylation is 1. The Labute approximate surface area is 95.5 Å². The molecule has 1 aromatic rings. The van der Waals surface area contributed by atoms with Crippen molar-refractivity contribution in [3.05, 3.63) is 11.8 Å². The van der Waals surface area contributed by atoms with E-state index in [2.05, 4.69) is 29.2 Å². The zero-order chi connectivity index (χ0) is 10.4. The number of anilines is 1. The fourth-order valence-corrected chi connectivity index (χ4v) is 3.95. The van der Waals surface area contributed by atoms with E-state index in [0.29, 0.717) is 0 Å². The molecule has 0 radical (unpaired) electrons. The second kappa shape index (κ2) is 3.48. The molecule has 15 heavy (non-hydrogen) atoms. The van der Waals surface area contributed by atoms with Gasteiger partial charge in [0.1, 0.15) is 5.00 Å². The Balaban J connectivity index is 1.80. The molecule has 2 bridgehead atoms. The van der Waals surface area contributed by atoms with E-state index >= 15 is 0 Å². The van der Waals surface area contributed by atoms with Gasteiger partial charge in [-0.3, -0.25) is 0 Å². The average Bonchev–Trinajstić information content (AvgIpc) is 2.70. The van der Waals surface area contributed by atoms with Gasteiger partial charge in [-0.1, -0.05) is 6.92 Å². The van der Waals surface area contributed by atoms with Crippen molar-refractivity contribution in [1.29, 1.82) is 0 Å². The van der Waals surface area contributed by atoms with Crippen LogP contribution in [-0.2, 0) is 0 Å². The molecule has 1 saturated heterocycles. The molecule has 2 aliphatic rings. The monoisotopic (exact) mass is 222 g/mol. The Morgan fingerprint density at radius 3 is 2.53 bits per heavy atom. The summed E-state index contributed by atoms with van der Waals surface area (Å²) >= 11 is 1.67. The molecule has 1 aliphatic heterocycles. The molecule has 2 fully saturated rings. The van der Waals surface area contributed by atoms with Crippen LogP contribution in [0.4, 0.5) is 5.00 Å². The van der Waals surface area contributed by atoms with Gasteiger partial charge in [0.05, 0.1) is 5.69 Å². The van der Waals surface area contributed by atoms with Crippen LogP contribution in [0.3, 0.4) is 0 Å². The first-order valence-electron chi connectivity index (χ1n) is 5.92. The van der Waals surface area contributed by atoms with Crippen LogP contribution in [0.5, 0.6) is 0 Å². The number of fused-ring (bicyclic) bond motifs is 2. The highest BCUT2D eigenvalue weighted by atomic mass is 32.1. The number of nitrogens with zero attached hydrogens (tertiary/aromatic N) is 2. The second-order valence-corrected chi connectivity index (χ2v) is 5.95. The normalized spacial score (nSPS) is 34.8. The lowest BCUT2D eigenvalue weighted by Crippen LogP contribution is -2.40. The van der Waals surface area contributed by atoms with Crippen molar-refractivity contribution in [1.82, 2.24) is 4.37 Å². The first-order valence-corrected chi connectivity index (χ1v) is 6.69. The number of rotatable bonds is 1. The second-order valence-electron chi connectivity index (χ2n) is 5.17. The quantitative estimate of drug-likeness (QED) is 0.726. The van der Waals surface area contributed by atoms with Gasteiger partial charge in [-0.15, -0.1) is 0 Å². The third kappa shape index (κ3) is 1.57. The first-order chi connectivity index (χ1) is 7.24. The van der Waals surface area contributed by atoms with Gasteiger partial charge in [-0.2, -0.15) is 4.37 Å². The predicted octanol–water partition coefficient (Wildman–Crippen LogP) is 2.93. The van der Waals surface area contributed by atoms with Gasteiger partial charge in [0, 0.05) is 13.1 Å². The fraction of sp³-hybridized carbons (Fsp3) is 0.750. The van der Waals surface area contributed by atoms with Gasteiger partial charge in [0.15, 0.2) is 0 Å². The summed E-state index contributed by atoms with van der Waals surface area (Å²) in [5, 5.41) is 1.39. The zero-order valence-electron chi connectivity index (χ0n) is 9.44. The molecule has 0 spiro atoms. The third-order valence-corrected chi connectivity index (χ3v) is 5.17. The molecule has 1 aromatic heterocycles. The smallest absolute Gasteiger partial charge is 0.112 e. The van der Waals surface area contributed by atoms with Crippen LogP contribution < -0.4 is 4.90 Å². The maximum Gasteiger partial charge on any atom is 0.112 e. The Hall–Kier alpha value is -0.570. The number of hydrogen-bond donors (Lipinski definition) is 0. The van der Waals surface area contributed by atoms with Crippen LogP contribution in [0.1, 0.15) is 25.5 Å². The van der Waals surface area contributed by atoms with Crippen LogP contribution in [0, 0.1) is 24.7 Å². The lowest BCUT2D eigenvalue weighted by Gasteiger charge is -2.36. The predicted molar refractivity (Wildman–Crippen MR) is 64.4 cm³/mol. The fourth-order valence-electron chi connectivity index (χ4n) is 3.17. The van der Waals surface area contributed by atoms with E-state index < -0.39 is 0 Å². The van der Waals surface area contributed by atoms with Gasteiger partial charge in [-0.05, 0) is 55.1 Å². The largest absolute Gasteiger partial charge is 0.362 e. The molecule has 82 valence electrons. The highest BCUT2D eigenvalue weighted by molar-refractivity contribution is 7.10. The Morgan fingerprint density at radius 1 is 1.33 bits per heavy atom. The SMILES string of the molecule is Cc1cc(N2CC3CC[C@@H](C2)[C@@H]3C)sn1. The highest BCUT2D eigenvalue weighted by Crippen LogP contribution is 2.43. The summed E-state index contributed by atoms with van der Waals surface area (Å²) in [7, 11) is 0. The minimum atomic E-state index is 0.936. The third-order valence-electron chi connectivity index (χ3n) is 4.23. The van der Waals surface area contributed by atoms with E-state index in [-0.39, 0.29) is 0 Å². The van der Waals surface area contributed by atoms with Crippen LogP contribution in [0.15, 0.2) is 6.07 Å². The molecule has 1 saturated carbocycles. The zero-order valence-corrected chi connectivity index (χ0v) is 10.3. The van der Waals surface area contributed by atoms with Crippen molar-refractivity contribution in [2.24, 2.45) is 17.8 Å². The summed E-state index contributed by atoms with van der Waals surface area (Å²) in [6.07, 6.45) is 2.89. The molecule has 1 unspecified atom stereocenters. The van der Waals surface area contributed by atoms with Crippen LogP contribution >= 0.6 is 11.5 Å². The van der Waals surface area contributed by atoms with Crippen molar-refractivity contribution >= 4 is 16.5 Å². The minimum Gasteiger partial charge on any atom is -0.362 e. The number of hydrogen-bond acceptors (Lipinski definition) is 3. The number of piperidine rings is 1. The molecule has 0 N–H and O–H groups in total. The van der Waals surface area contributed by atoms with E-state index in [1.165, 1.54) is 36.6 Å². The summed E-state index contributed by atoms with van der Waals surface area (Å²) in [6.45, 7) is 7.05. The average molecular weight is 222 g/mol. The molecule has 2 heterocycles. The van der Waals surface area contributed by atoms with Crippen molar-refractivity contribution < 1.29 is 0 Å². The van der Waals surface area contributed by atoms with Gasteiger partial charge < -0.3 is 4.90 Å². The molecule has 2 nitrogen and oxygen atoms in total. The highest BCUT2D eigenvalue weighted by Gasteiger charge is 2.39. The van der Waals surface area contributed by atoms with Crippen molar-refractivity contribution in [2.75, 3.05) is 18.0 Å². The summed E-state index contributed by atoms with van der Waals surface area (Å²) < 4.78 is 4.38.